The van der Waals surface area contributed by atoms with E-state index in [1.54, 1.807) is 12.1 Å². The van der Waals surface area contributed by atoms with Gasteiger partial charge in [0.2, 0.25) is 5.91 Å². The first-order valence-corrected chi connectivity index (χ1v) is 12.8. The van der Waals surface area contributed by atoms with Crippen molar-refractivity contribution < 1.29 is 13.2 Å². The highest BCUT2D eigenvalue weighted by atomic mass is 35.5. The zero-order valence-electron chi connectivity index (χ0n) is 14.7. The first kappa shape index (κ1) is 21.3. The predicted octanol–water partition coefficient (Wildman–Crippen LogP) is 5.50. The van der Waals surface area contributed by atoms with Crippen molar-refractivity contribution in [1.29, 1.82) is 0 Å². The maximum atomic E-state index is 13.0. The minimum atomic E-state index is -3.81. The van der Waals surface area contributed by atoms with Crippen LogP contribution in [0.25, 0.3) is 10.2 Å². The van der Waals surface area contributed by atoms with Gasteiger partial charge >= 0.3 is 0 Å². The second kappa shape index (κ2) is 8.30. The summed E-state index contributed by atoms with van der Waals surface area (Å²) in [5.74, 6) is -0.419. The van der Waals surface area contributed by atoms with Gasteiger partial charge in [-0.3, -0.25) is 4.79 Å². The second-order valence-electron chi connectivity index (χ2n) is 6.40. The van der Waals surface area contributed by atoms with Crippen LogP contribution in [0.15, 0.2) is 28.5 Å². The molecule has 1 fully saturated rings. The number of aromatic nitrogens is 1. The van der Waals surface area contributed by atoms with Crippen molar-refractivity contribution in [3.63, 3.8) is 0 Å². The van der Waals surface area contributed by atoms with Crippen LogP contribution in [0.5, 0.6) is 0 Å². The molecule has 3 aromatic rings. The van der Waals surface area contributed by atoms with Gasteiger partial charge in [-0.15, -0.1) is 11.3 Å². The Balaban J connectivity index is 1.60. The van der Waals surface area contributed by atoms with Crippen LogP contribution in [-0.2, 0) is 14.8 Å². The Bertz CT molecular complexity index is 1190. The summed E-state index contributed by atoms with van der Waals surface area (Å²) in [6.07, 6.45) is 1.88. The summed E-state index contributed by atoms with van der Waals surface area (Å²) < 4.78 is 28.6. The zero-order chi connectivity index (χ0) is 20.8. The number of anilines is 1. The smallest absolute Gasteiger partial charge is 0.253 e. The number of hydrogen-bond acceptors (Lipinski definition) is 6. The molecule has 0 bridgehead atoms. The lowest BCUT2D eigenvalue weighted by Gasteiger charge is -2.32. The van der Waals surface area contributed by atoms with Crippen molar-refractivity contribution in [2.45, 2.75) is 29.5 Å². The fraction of sp³-hybridized carbons (Fsp3) is 0.294. The monoisotopic (exact) mass is 509 g/mol. The number of nitrogens with zero attached hydrogens (tertiary/aromatic N) is 2. The molecule has 1 aromatic carbocycles. The van der Waals surface area contributed by atoms with E-state index < -0.39 is 22.0 Å². The molecule has 1 aliphatic heterocycles. The summed E-state index contributed by atoms with van der Waals surface area (Å²) in [5, 5.41) is 3.78. The number of amides is 1. The summed E-state index contributed by atoms with van der Waals surface area (Å²) in [6.45, 7) is 0.275. The number of hydrogen-bond donors (Lipinski definition) is 1. The Labute approximate surface area is 190 Å². The van der Waals surface area contributed by atoms with Gasteiger partial charge in [-0.2, -0.15) is 4.31 Å². The molecule has 154 valence electrons. The number of piperidine rings is 1. The van der Waals surface area contributed by atoms with E-state index in [1.807, 2.05) is 0 Å². The third kappa shape index (κ3) is 4.14. The molecule has 29 heavy (non-hydrogen) atoms. The van der Waals surface area contributed by atoms with Crippen molar-refractivity contribution in [2.75, 3.05) is 11.9 Å². The van der Waals surface area contributed by atoms with Gasteiger partial charge in [-0.05, 0) is 37.1 Å². The van der Waals surface area contributed by atoms with E-state index in [9.17, 15) is 13.2 Å². The zero-order valence-corrected chi connectivity index (χ0v) is 19.4. The minimum absolute atomic E-state index is 0.128. The van der Waals surface area contributed by atoms with E-state index >= 15 is 0 Å². The Morgan fingerprint density at radius 2 is 1.93 bits per heavy atom. The van der Waals surface area contributed by atoms with Crippen LogP contribution in [0.4, 0.5) is 5.13 Å². The number of fused-ring (bicyclic) bond motifs is 1. The van der Waals surface area contributed by atoms with E-state index in [4.69, 9.17) is 34.8 Å². The van der Waals surface area contributed by atoms with Crippen molar-refractivity contribution >= 4 is 88.8 Å². The lowest BCUT2D eigenvalue weighted by molar-refractivity contribution is -0.120. The third-order valence-corrected chi connectivity index (χ3v) is 9.89. The summed E-state index contributed by atoms with van der Waals surface area (Å²) in [4.78, 5) is 17.3. The van der Waals surface area contributed by atoms with Crippen LogP contribution in [0.3, 0.4) is 0 Å². The van der Waals surface area contributed by atoms with Gasteiger partial charge in [-0.25, -0.2) is 13.4 Å². The van der Waals surface area contributed by atoms with E-state index in [2.05, 4.69) is 10.3 Å². The van der Waals surface area contributed by atoms with E-state index in [0.29, 0.717) is 37.9 Å². The Morgan fingerprint density at radius 3 is 2.66 bits per heavy atom. The van der Waals surface area contributed by atoms with Gasteiger partial charge < -0.3 is 5.32 Å². The molecule has 1 saturated heterocycles. The molecule has 2 aromatic heterocycles. The van der Waals surface area contributed by atoms with Crippen LogP contribution in [0.1, 0.15) is 19.3 Å². The average Bonchev–Trinajstić information content (AvgIpc) is 3.31. The third-order valence-electron chi connectivity index (χ3n) is 4.55. The molecule has 12 heteroatoms. The molecule has 6 nitrogen and oxygen atoms in total. The van der Waals surface area contributed by atoms with Gasteiger partial charge in [-0.1, -0.05) is 52.6 Å². The second-order valence-corrected chi connectivity index (χ2v) is 12.1. The van der Waals surface area contributed by atoms with Gasteiger partial charge in [0.05, 0.1) is 19.1 Å². The molecule has 0 saturated carbocycles. The number of nitrogens with one attached hydrogen (secondary N) is 1. The fourth-order valence-electron chi connectivity index (χ4n) is 3.19. The summed E-state index contributed by atoms with van der Waals surface area (Å²) >= 11 is 20.3. The molecular formula is C17H14Cl3N3O3S3. The van der Waals surface area contributed by atoms with Crippen molar-refractivity contribution in [3.8, 4) is 0 Å². The predicted molar refractivity (Wildman–Crippen MR) is 119 cm³/mol. The number of benzene rings is 1. The SMILES string of the molecule is O=C(Nc1nc2c(Cl)c(Cl)ccc2s1)C1CCCCN1S(=O)(=O)c1ccc(Cl)s1. The number of carbonyl (C=O) groups is 1. The van der Waals surface area contributed by atoms with Crippen LogP contribution in [-0.4, -0.2) is 36.2 Å². The first-order valence-electron chi connectivity index (χ1n) is 8.60. The van der Waals surface area contributed by atoms with Crippen molar-refractivity contribution in [2.24, 2.45) is 0 Å². The minimum Gasteiger partial charge on any atom is -0.301 e. The van der Waals surface area contributed by atoms with Crippen LogP contribution in [0.2, 0.25) is 14.4 Å². The number of thiazole rings is 1. The van der Waals surface area contributed by atoms with Crippen LogP contribution >= 0.6 is 57.5 Å². The van der Waals surface area contributed by atoms with Crippen LogP contribution < -0.4 is 5.32 Å². The van der Waals surface area contributed by atoms with E-state index in [1.165, 1.54) is 27.8 Å². The lowest BCUT2D eigenvalue weighted by Crippen LogP contribution is -2.49. The number of sulfonamides is 1. The molecule has 4 rings (SSSR count). The quantitative estimate of drug-likeness (QED) is 0.502. The normalized spacial score (nSPS) is 18.2. The first-order chi connectivity index (χ1) is 13.8. The maximum absolute atomic E-state index is 13.0. The molecule has 0 spiro atoms. The molecule has 1 atom stereocenters. The standard InChI is InChI=1S/C17H14Cl3N3O3S3/c18-9-4-5-11-15(14(9)20)21-17(27-11)22-16(24)10-3-1-2-8-23(10)29(25,26)13-7-6-12(19)28-13/h4-7,10H,1-3,8H2,(H,21,22,24). The number of halogens is 3. The number of carbonyl (C=O) groups excluding carboxylic acids is 1. The van der Waals surface area contributed by atoms with E-state index in [-0.39, 0.29) is 10.8 Å². The Kier molecular flexibility index (Phi) is 6.09. The highest BCUT2D eigenvalue weighted by Gasteiger charge is 2.38. The summed E-state index contributed by atoms with van der Waals surface area (Å²) in [5.41, 5.74) is 0.501. The molecule has 3 heterocycles. The average molecular weight is 511 g/mol. The Hall–Kier alpha value is -0.940. The number of rotatable bonds is 4. The fourth-order valence-corrected chi connectivity index (χ4v) is 7.75. The maximum Gasteiger partial charge on any atom is 0.253 e. The number of thiophene rings is 1. The van der Waals surface area contributed by atoms with Crippen molar-refractivity contribution in [3.05, 3.63) is 38.6 Å². The van der Waals surface area contributed by atoms with Gasteiger partial charge in [0.1, 0.15) is 15.8 Å². The molecule has 1 unspecified atom stereocenters. The molecular weight excluding hydrogens is 497 g/mol. The van der Waals surface area contributed by atoms with Gasteiger partial charge in [0, 0.05) is 6.54 Å². The van der Waals surface area contributed by atoms with Gasteiger partial charge in [0.15, 0.2) is 5.13 Å². The highest BCUT2D eigenvalue weighted by molar-refractivity contribution is 7.91. The molecule has 0 radical (unpaired) electrons. The largest absolute Gasteiger partial charge is 0.301 e. The topological polar surface area (TPSA) is 79.4 Å². The lowest BCUT2D eigenvalue weighted by atomic mass is 10.0. The van der Waals surface area contributed by atoms with Crippen LogP contribution in [0, 0.1) is 0 Å². The van der Waals surface area contributed by atoms with E-state index in [0.717, 1.165) is 22.5 Å². The molecule has 1 amide bonds. The molecule has 1 aliphatic rings. The molecule has 0 aliphatic carbocycles. The summed E-state index contributed by atoms with van der Waals surface area (Å²) in [7, 11) is -3.81. The van der Waals surface area contributed by atoms with Gasteiger partial charge in [0.25, 0.3) is 10.0 Å². The summed E-state index contributed by atoms with van der Waals surface area (Å²) in [6, 6.07) is 5.62. The van der Waals surface area contributed by atoms with Crippen molar-refractivity contribution in [1.82, 2.24) is 9.29 Å². The highest BCUT2D eigenvalue weighted by Crippen LogP contribution is 2.36. The molecule has 1 N–H and O–H groups in total. The Morgan fingerprint density at radius 1 is 1.14 bits per heavy atom.